The first-order valence-corrected chi connectivity index (χ1v) is 9.49. The predicted molar refractivity (Wildman–Crippen MR) is 114 cm³/mol. The van der Waals surface area contributed by atoms with Crippen LogP contribution in [0.25, 0.3) is 54.9 Å². The Bertz CT molecular complexity index is 1740. The second-order valence-electron chi connectivity index (χ2n) is 7.21. The largest absolute Gasteiger partial charge is 0.449 e. The summed E-state index contributed by atoms with van der Waals surface area (Å²) in [5.41, 5.74) is 2.96. The number of aromatic nitrogens is 2. The van der Waals surface area contributed by atoms with Crippen LogP contribution < -0.4 is 11.1 Å². The van der Waals surface area contributed by atoms with Gasteiger partial charge in [0.25, 0.3) is 11.1 Å². The molecule has 0 unspecified atom stereocenters. The monoisotopic (exact) mass is 384 g/mol. The number of nitrogens with zero attached hydrogens (tertiary/aromatic N) is 2. The number of fused-ring (bicyclic) bond motifs is 9. The van der Waals surface area contributed by atoms with Crippen LogP contribution >= 0.6 is 0 Å². The first kappa shape index (κ1) is 16.2. The number of hydrogen-bond acceptors (Lipinski definition) is 4. The quantitative estimate of drug-likeness (QED) is 0.391. The molecule has 0 bridgehead atoms. The van der Waals surface area contributed by atoms with E-state index in [1.165, 1.54) is 7.05 Å². The minimum Gasteiger partial charge on any atom is -0.449 e. The van der Waals surface area contributed by atoms with Crippen molar-refractivity contribution in [3.63, 3.8) is 0 Å². The van der Waals surface area contributed by atoms with E-state index in [1.807, 2.05) is 49.4 Å². The van der Waals surface area contributed by atoms with Gasteiger partial charge in [0.05, 0.1) is 10.9 Å². The first-order chi connectivity index (χ1) is 14.1. The van der Waals surface area contributed by atoms with E-state index in [0.717, 1.165) is 26.4 Å². The standard InChI is InChI=1S/C23H16N2O4/c1-3-25-13-9-5-4-8-12(13)16-17-18(23(27)24(2)22(17)26)20-21(19(16)25)29-15-11-7-6-10-14(15)28-20/h4-11H,3H2,1-2H3. The Morgan fingerprint density at radius 2 is 1.41 bits per heavy atom. The van der Waals surface area contributed by atoms with Crippen molar-refractivity contribution >= 4 is 54.9 Å². The van der Waals surface area contributed by atoms with Crippen molar-refractivity contribution in [2.45, 2.75) is 13.5 Å². The van der Waals surface area contributed by atoms with Crippen LogP contribution in [0.4, 0.5) is 0 Å². The number of rotatable bonds is 1. The van der Waals surface area contributed by atoms with Crippen LogP contribution in [0.2, 0.25) is 0 Å². The third kappa shape index (κ3) is 1.85. The molecule has 29 heavy (non-hydrogen) atoms. The SMILES string of the molecule is CCn1c2ccccc2c2c3c(=O)n(C)c(=O)c3c3oc4ccccc4oc3c21. The zero-order chi connectivity index (χ0) is 19.9. The molecule has 0 saturated carbocycles. The van der Waals surface area contributed by atoms with Gasteiger partial charge >= 0.3 is 0 Å². The van der Waals surface area contributed by atoms with Gasteiger partial charge in [0.15, 0.2) is 22.3 Å². The van der Waals surface area contributed by atoms with Crippen molar-refractivity contribution in [3.8, 4) is 0 Å². The maximum Gasteiger partial charge on any atom is 0.265 e. The Labute approximate surface area is 163 Å². The van der Waals surface area contributed by atoms with Gasteiger partial charge in [-0.2, -0.15) is 0 Å². The molecule has 0 aliphatic carbocycles. The average molecular weight is 384 g/mol. The van der Waals surface area contributed by atoms with Crippen molar-refractivity contribution in [3.05, 3.63) is 69.2 Å². The fourth-order valence-electron chi connectivity index (χ4n) is 4.46. The van der Waals surface area contributed by atoms with Gasteiger partial charge in [0.2, 0.25) is 0 Å². The van der Waals surface area contributed by atoms with Crippen LogP contribution in [0.5, 0.6) is 0 Å². The average Bonchev–Trinajstić information content (AvgIpc) is 3.20. The maximum atomic E-state index is 13.1. The molecule has 142 valence electrons. The molecule has 3 heterocycles. The van der Waals surface area contributed by atoms with E-state index in [1.54, 1.807) is 6.07 Å². The van der Waals surface area contributed by atoms with Crippen LogP contribution in [0.1, 0.15) is 6.92 Å². The molecule has 6 rings (SSSR count). The van der Waals surface area contributed by atoms with Crippen LogP contribution in [-0.2, 0) is 13.6 Å². The highest BCUT2D eigenvalue weighted by Gasteiger charge is 2.26. The molecule has 6 aromatic rings. The molecule has 0 atom stereocenters. The van der Waals surface area contributed by atoms with Crippen molar-refractivity contribution in [2.75, 3.05) is 0 Å². The Morgan fingerprint density at radius 3 is 2.14 bits per heavy atom. The molecule has 0 spiro atoms. The summed E-state index contributed by atoms with van der Waals surface area (Å²) in [5.74, 6) is 0. The molecule has 0 aliphatic rings. The lowest BCUT2D eigenvalue weighted by Gasteiger charge is -2.07. The molecule has 6 nitrogen and oxygen atoms in total. The summed E-state index contributed by atoms with van der Waals surface area (Å²) < 4.78 is 15.7. The molecular weight excluding hydrogens is 368 g/mol. The van der Waals surface area contributed by atoms with Gasteiger partial charge in [-0.1, -0.05) is 30.3 Å². The van der Waals surface area contributed by atoms with Crippen LogP contribution in [0.15, 0.2) is 67.0 Å². The fourth-order valence-corrected chi connectivity index (χ4v) is 4.46. The number of benzene rings is 3. The molecule has 3 aromatic heterocycles. The van der Waals surface area contributed by atoms with Crippen molar-refractivity contribution < 1.29 is 8.83 Å². The Morgan fingerprint density at radius 1 is 0.793 bits per heavy atom. The Kier molecular flexibility index (Phi) is 3.00. The summed E-state index contributed by atoms with van der Waals surface area (Å²) in [7, 11) is 1.50. The lowest BCUT2D eigenvalue weighted by atomic mass is 10.1. The van der Waals surface area contributed by atoms with Gasteiger partial charge in [0.1, 0.15) is 5.39 Å². The zero-order valence-corrected chi connectivity index (χ0v) is 15.9. The van der Waals surface area contributed by atoms with Crippen molar-refractivity contribution in [1.29, 1.82) is 0 Å². The fraction of sp³-hybridized carbons (Fsp3) is 0.130. The van der Waals surface area contributed by atoms with Crippen molar-refractivity contribution in [2.24, 2.45) is 7.05 Å². The van der Waals surface area contributed by atoms with E-state index >= 15 is 0 Å². The van der Waals surface area contributed by atoms with Crippen LogP contribution in [0, 0.1) is 0 Å². The van der Waals surface area contributed by atoms with Gasteiger partial charge in [-0.05, 0) is 25.1 Å². The molecule has 3 aromatic carbocycles. The summed E-state index contributed by atoms with van der Waals surface area (Å²) in [5, 5.41) is 2.32. The second-order valence-corrected chi connectivity index (χ2v) is 7.21. The minimum atomic E-state index is -0.375. The molecule has 6 heteroatoms. The molecule has 0 radical (unpaired) electrons. The summed E-state index contributed by atoms with van der Waals surface area (Å²) >= 11 is 0. The van der Waals surface area contributed by atoms with Gasteiger partial charge in [0, 0.05) is 29.9 Å². The molecular formula is C23H16N2O4. The van der Waals surface area contributed by atoms with Crippen LogP contribution in [-0.4, -0.2) is 9.13 Å². The van der Waals surface area contributed by atoms with E-state index in [2.05, 4.69) is 4.57 Å². The summed E-state index contributed by atoms with van der Waals surface area (Å²) in [6, 6.07) is 15.2. The van der Waals surface area contributed by atoms with Gasteiger partial charge in [-0.15, -0.1) is 0 Å². The van der Waals surface area contributed by atoms with Gasteiger partial charge < -0.3 is 13.4 Å². The Hall–Kier alpha value is -3.80. The highest BCUT2D eigenvalue weighted by molar-refractivity contribution is 6.29. The normalized spacial score (nSPS) is 12.2. The molecule has 0 fully saturated rings. The van der Waals surface area contributed by atoms with E-state index < -0.39 is 0 Å². The zero-order valence-electron chi connectivity index (χ0n) is 15.9. The number of para-hydroxylation sites is 3. The Balaban J connectivity index is 2.11. The maximum absolute atomic E-state index is 13.1. The lowest BCUT2D eigenvalue weighted by molar-refractivity contribution is 0.585. The van der Waals surface area contributed by atoms with E-state index in [4.69, 9.17) is 8.83 Å². The lowest BCUT2D eigenvalue weighted by Crippen LogP contribution is -2.21. The predicted octanol–water partition coefficient (Wildman–Crippen LogP) is 4.52. The van der Waals surface area contributed by atoms with E-state index in [9.17, 15) is 9.59 Å². The first-order valence-electron chi connectivity index (χ1n) is 9.49. The molecule has 0 amide bonds. The van der Waals surface area contributed by atoms with E-state index in [-0.39, 0.29) is 16.5 Å². The smallest absolute Gasteiger partial charge is 0.265 e. The third-order valence-corrected chi connectivity index (χ3v) is 5.75. The van der Waals surface area contributed by atoms with Crippen LogP contribution in [0.3, 0.4) is 0 Å². The second kappa shape index (κ2) is 5.38. The highest BCUT2D eigenvalue weighted by Crippen LogP contribution is 2.40. The summed E-state index contributed by atoms with van der Waals surface area (Å²) in [4.78, 5) is 26.1. The molecule has 0 aliphatic heterocycles. The van der Waals surface area contributed by atoms with Crippen molar-refractivity contribution in [1.82, 2.24) is 9.13 Å². The summed E-state index contributed by atoms with van der Waals surface area (Å²) in [6.45, 7) is 2.72. The van der Waals surface area contributed by atoms with E-state index in [0.29, 0.717) is 34.3 Å². The minimum absolute atomic E-state index is 0.272. The number of hydrogen-bond donors (Lipinski definition) is 0. The third-order valence-electron chi connectivity index (χ3n) is 5.75. The topological polar surface area (TPSA) is 70.3 Å². The van der Waals surface area contributed by atoms with Gasteiger partial charge in [-0.3, -0.25) is 14.2 Å². The molecule has 0 N–H and O–H groups in total. The highest BCUT2D eigenvalue weighted by atomic mass is 16.4. The number of aryl methyl sites for hydroxylation is 1. The molecule has 0 saturated heterocycles. The summed E-state index contributed by atoms with van der Waals surface area (Å²) in [6.07, 6.45) is 0. The van der Waals surface area contributed by atoms with Gasteiger partial charge in [-0.25, -0.2) is 0 Å².